The van der Waals surface area contributed by atoms with Crippen molar-refractivity contribution in [2.45, 2.75) is 57.6 Å². The molecule has 2 rings (SSSR count). The van der Waals surface area contributed by atoms with Crippen molar-refractivity contribution in [1.82, 2.24) is 4.90 Å². The summed E-state index contributed by atoms with van der Waals surface area (Å²) in [5.41, 5.74) is -0.0616. The quantitative estimate of drug-likeness (QED) is 0.770. The minimum atomic E-state index is -0.113. The molecule has 2 unspecified atom stereocenters. The van der Waals surface area contributed by atoms with Crippen LogP contribution in [0.2, 0.25) is 0 Å². The standard InChI is InChI=1S/C14H22N2O2/c1-3-14(4-2)8-12(5-6-18-14)16-10-11(9-15)7-13(16)17/h11-12H,3-8,10H2,1-2H3. The van der Waals surface area contributed by atoms with E-state index in [-0.39, 0.29) is 23.5 Å². The number of likely N-dealkylation sites (tertiary alicyclic amines) is 1. The Bertz CT molecular complexity index is 357. The number of nitrogens with zero attached hydrogens (tertiary/aromatic N) is 2. The molecule has 18 heavy (non-hydrogen) atoms. The monoisotopic (exact) mass is 250 g/mol. The van der Waals surface area contributed by atoms with E-state index in [4.69, 9.17) is 10.00 Å². The van der Waals surface area contributed by atoms with Gasteiger partial charge in [-0.15, -0.1) is 0 Å². The van der Waals surface area contributed by atoms with Gasteiger partial charge in [0.25, 0.3) is 0 Å². The van der Waals surface area contributed by atoms with Crippen LogP contribution in [0.15, 0.2) is 0 Å². The van der Waals surface area contributed by atoms with Gasteiger partial charge in [-0.2, -0.15) is 5.26 Å². The van der Waals surface area contributed by atoms with E-state index in [1.807, 2.05) is 4.90 Å². The molecular weight excluding hydrogens is 228 g/mol. The predicted molar refractivity (Wildman–Crippen MR) is 67.7 cm³/mol. The van der Waals surface area contributed by atoms with Gasteiger partial charge in [0.2, 0.25) is 5.91 Å². The second-order valence-corrected chi connectivity index (χ2v) is 5.46. The lowest BCUT2D eigenvalue weighted by atomic mass is 9.85. The van der Waals surface area contributed by atoms with Crippen LogP contribution in [0.25, 0.3) is 0 Å². The van der Waals surface area contributed by atoms with Gasteiger partial charge >= 0.3 is 0 Å². The van der Waals surface area contributed by atoms with Crippen LogP contribution in [0.3, 0.4) is 0 Å². The summed E-state index contributed by atoms with van der Waals surface area (Å²) >= 11 is 0. The first-order valence-corrected chi connectivity index (χ1v) is 6.97. The fourth-order valence-electron chi connectivity index (χ4n) is 3.18. The minimum Gasteiger partial charge on any atom is -0.375 e. The molecule has 0 N–H and O–H groups in total. The zero-order chi connectivity index (χ0) is 13.2. The highest BCUT2D eigenvalue weighted by Gasteiger charge is 2.41. The second-order valence-electron chi connectivity index (χ2n) is 5.46. The van der Waals surface area contributed by atoms with Gasteiger partial charge in [-0.1, -0.05) is 13.8 Å². The number of hydrogen-bond donors (Lipinski definition) is 0. The lowest BCUT2D eigenvalue weighted by molar-refractivity contribution is -0.139. The van der Waals surface area contributed by atoms with Crippen LogP contribution in [-0.4, -0.2) is 35.6 Å². The molecule has 4 nitrogen and oxygen atoms in total. The zero-order valence-corrected chi connectivity index (χ0v) is 11.3. The average molecular weight is 250 g/mol. The molecule has 0 aromatic carbocycles. The van der Waals surface area contributed by atoms with Gasteiger partial charge in [-0.05, 0) is 25.7 Å². The Labute approximate surface area is 109 Å². The Morgan fingerprint density at radius 1 is 1.50 bits per heavy atom. The Morgan fingerprint density at radius 2 is 2.22 bits per heavy atom. The van der Waals surface area contributed by atoms with Crippen LogP contribution in [0, 0.1) is 17.2 Å². The molecule has 2 aliphatic heterocycles. The van der Waals surface area contributed by atoms with Gasteiger partial charge in [0.15, 0.2) is 0 Å². The van der Waals surface area contributed by atoms with E-state index in [1.54, 1.807) is 0 Å². The summed E-state index contributed by atoms with van der Waals surface area (Å²) in [6.45, 7) is 5.64. The van der Waals surface area contributed by atoms with Crippen LogP contribution in [0.4, 0.5) is 0 Å². The molecule has 2 aliphatic rings. The summed E-state index contributed by atoms with van der Waals surface area (Å²) in [5.74, 6) is 0.0348. The molecule has 2 atom stereocenters. The Kier molecular flexibility index (Phi) is 3.91. The highest BCUT2D eigenvalue weighted by molar-refractivity contribution is 5.79. The Hall–Kier alpha value is -1.08. The molecular formula is C14H22N2O2. The number of carbonyl (C=O) groups excluding carboxylic acids is 1. The third kappa shape index (κ3) is 2.37. The van der Waals surface area contributed by atoms with E-state index >= 15 is 0 Å². The highest BCUT2D eigenvalue weighted by atomic mass is 16.5. The van der Waals surface area contributed by atoms with Crippen LogP contribution in [-0.2, 0) is 9.53 Å². The summed E-state index contributed by atoms with van der Waals surface area (Å²) < 4.78 is 5.94. The maximum atomic E-state index is 12.0. The van der Waals surface area contributed by atoms with E-state index in [9.17, 15) is 4.79 Å². The minimum absolute atomic E-state index is 0.0616. The summed E-state index contributed by atoms with van der Waals surface area (Å²) in [5, 5.41) is 8.94. The molecule has 0 bridgehead atoms. The first kappa shape index (κ1) is 13.4. The van der Waals surface area contributed by atoms with E-state index < -0.39 is 0 Å². The molecule has 0 aromatic rings. The highest BCUT2D eigenvalue weighted by Crippen LogP contribution is 2.35. The van der Waals surface area contributed by atoms with Crippen molar-refractivity contribution < 1.29 is 9.53 Å². The van der Waals surface area contributed by atoms with Crippen molar-refractivity contribution in [1.29, 1.82) is 5.26 Å². The maximum absolute atomic E-state index is 12.0. The van der Waals surface area contributed by atoms with Crippen molar-refractivity contribution >= 4 is 5.91 Å². The third-order valence-electron chi connectivity index (χ3n) is 4.54. The zero-order valence-electron chi connectivity index (χ0n) is 11.3. The Balaban J connectivity index is 2.06. The maximum Gasteiger partial charge on any atom is 0.224 e. The van der Waals surface area contributed by atoms with Crippen LogP contribution in [0.1, 0.15) is 46.0 Å². The molecule has 2 saturated heterocycles. The van der Waals surface area contributed by atoms with E-state index in [0.29, 0.717) is 13.0 Å². The number of nitriles is 1. The van der Waals surface area contributed by atoms with Gasteiger partial charge in [0.05, 0.1) is 17.6 Å². The molecule has 2 heterocycles. The lowest BCUT2D eigenvalue weighted by Crippen LogP contribution is -2.48. The fourth-order valence-corrected chi connectivity index (χ4v) is 3.18. The van der Waals surface area contributed by atoms with E-state index in [0.717, 1.165) is 32.3 Å². The largest absolute Gasteiger partial charge is 0.375 e. The topological polar surface area (TPSA) is 53.3 Å². The molecule has 2 fully saturated rings. The van der Waals surface area contributed by atoms with Crippen molar-refractivity contribution in [3.63, 3.8) is 0 Å². The number of amides is 1. The Morgan fingerprint density at radius 3 is 2.78 bits per heavy atom. The molecule has 0 saturated carbocycles. The molecule has 0 spiro atoms. The van der Waals surface area contributed by atoms with Crippen molar-refractivity contribution in [2.24, 2.45) is 5.92 Å². The molecule has 4 heteroatoms. The van der Waals surface area contributed by atoms with Gasteiger partial charge in [-0.25, -0.2) is 0 Å². The van der Waals surface area contributed by atoms with Gasteiger partial charge in [0, 0.05) is 25.6 Å². The third-order valence-corrected chi connectivity index (χ3v) is 4.54. The SMILES string of the molecule is CCC1(CC)CC(N2CC(C#N)CC2=O)CCO1. The lowest BCUT2D eigenvalue weighted by Gasteiger charge is -2.43. The van der Waals surface area contributed by atoms with Crippen LogP contribution >= 0.6 is 0 Å². The van der Waals surface area contributed by atoms with E-state index in [1.165, 1.54) is 0 Å². The van der Waals surface area contributed by atoms with Gasteiger partial charge in [-0.3, -0.25) is 4.79 Å². The summed E-state index contributed by atoms with van der Waals surface area (Å²) in [7, 11) is 0. The predicted octanol–water partition coefficient (Wildman–Crippen LogP) is 2.10. The first-order valence-electron chi connectivity index (χ1n) is 6.97. The second kappa shape index (κ2) is 5.27. The molecule has 0 radical (unpaired) electrons. The number of ether oxygens (including phenoxy) is 1. The summed E-state index contributed by atoms with van der Waals surface area (Å²) in [6.07, 6.45) is 4.21. The summed E-state index contributed by atoms with van der Waals surface area (Å²) in [6, 6.07) is 2.49. The average Bonchev–Trinajstić information content (AvgIpc) is 2.80. The molecule has 0 aliphatic carbocycles. The molecule has 0 aromatic heterocycles. The van der Waals surface area contributed by atoms with Gasteiger partial charge in [0.1, 0.15) is 0 Å². The van der Waals surface area contributed by atoms with E-state index in [2.05, 4.69) is 19.9 Å². The fraction of sp³-hybridized carbons (Fsp3) is 0.857. The van der Waals surface area contributed by atoms with Crippen molar-refractivity contribution in [3.05, 3.63) is 0 Å². The van der Waals surface area contributed by atoms with Crippen LogP contribution < -0.4 is 0 Å². The number of hydrogen-bond acceptors (Lipinski definition) is 3. The van der Waals surface area contributed by atoms with Crippen LogP contribution in [0.5, 0.6) is 0 Å². The van der Waals surface area contributed by atoms with Crippen molar-refractivity contribution in [2.75, 3.05) is 13.2 Å². The number of carbonyl (C=O) groups is 1. The van der Waals surface area contributed by atoms with Gasteiger partial charge < -0.3 is 9.64 Å². The van der Waals surface area contributed by atoms with Crippen molar-refractivity contribution in [3.8, 4) is 6.07 Å². The normalized spacial score (nSPS) is 31.4. The number of rotatable bonds is 3. The summed E-state index contributed by atoms with van der Waals surface area (Å²) in [4.78, 5) is 13.9. The first-order chi connectivity index (χ1) is 8.64. The smallest absolute Gasteiger partial charge is 0.224 e. The molecule has 100 valence electrons. The molecule has 1 amide bonds.